The van der Waals surface area contributed by atoms with E-state index in [2.05, 4.69) is 0 Å². The normalized spacial score (nSPS) is 11.2. The molecule has 4 heteroatoms. The minimum atomic E-state index is -0.410. The number of para-hydroxylation sites is 1. The number of benzene rings is 1. The molecule has 20 heavy (non-hydrogen) atoms. The summed E-state index contributed by atoms with van der Waals surface area (Å²) in [6.45, 7) is 5.53. The third kappa shape index (κ3) is 2.50. The predicted octanol–water partition coefficient (Wildman–Crippen LogP) is 3.19. The molecule has 2 aromatic rings. The van der Waals surface area contributed by atoms with E-state index in [-0.39, 0.29) is 5.91 Å². The van der Waals surface area contributed by atoms with E-state index in [1.807, 2.05) is 31.2 Å². The van der Waals surface area contributed by atoms with Crippen LogP contribution in [0.3, 0.4) is 0 Å². The number of carbonyl (C=O) groups excluding carboxylic acids is 2. The number of nitrogens with zero attached hydrogens (tertiary/aromatic N) is 1. The summed E-state index contributed by atoms with van der Waals surface area (Å²) in [6.07, 6.45) is 2.98. The molecule has 0 saturated carbocycles. The van der Waals surface area contributed by atoms with Gasteiger partial charge in [0.1, 0.15) is 0 Å². The minimum absolute atomic E-state index is 0.0854. The maximum Gasteiger partial charge on any atom is 0.330 e. The number of aryl methyl sites for hydroxylation is 1. The van der Waals surface area contributed by atoms with Gasteiger partial charge in [0.15, 0.2) is 0 Å². The molecule has 2 rings (SSSR count). The lowest BCUT2D eigenvalue weighted by atomic mass is 10.1. The Morgan fingerprint density at radius 1 is 1.30 bits per heavy atom. The summed E-state index contributed by atoms with van der Waals surface area (Å²) in [5, 5.41) is 1.01. The monoisotopic (exact) mass is 271 g/mol. The first-order valence-electron chi connectivity index (χ1n) is 6.52. The van der Waals surface area contributed by atoms with E-state index in [0.29, 0.717) is 12.3 Å². The van der Waals surface area contributed by atoms with E-state index < -0.39 is 5.97 Å². The molecule has 0 spiro atoms. The second-order valence-electron chi connectivity index (χ2n) is 4.47. The molecule has 0 atom stereocenters. The second-order valence-corrected chi connectivity index (χ2v) is 4.47. The molecular weight excluding hydrogens is 254 g/mol. The highest BCUT2D eigenvalue weighted by molar-refractivity contribution is 5.98. The van der Waals surface area contributed by atoms with Crippen LogP contribution < -0.4 is 0 Å². The standard InChI is InChI=1S/C16H17NO3/c1-4-20-16(19)10-9-14-11(2)13-7-5-6-8-15(13)17(14)12(3)18/h5-10H,4H2,1-3H3. The summed E-state index contributed by atoms with van der Waals surface area (Å²) in [5.74, 6) is -0.495. The summed E-state index contributed by atoms with van der Waals surface area (Å²) in [7, 11) is 0. The molecule has 0 fully saturated rings. The van der Waals surface area contributed by atoms with Crippen molar-refractivity contribution in [1.29, 1.82) is 0 Å². The topological polar surface area (TPSA) is 48.3 Å². The smallest absolute Gasteiger partial charge is 0.330 e. The maximum absolute atomic E-state index is 11.9. The zero-order valence-corrected chi connectivity index (χ0v) is 11.8. The fourth-order valence-corrected chi connectivity index (χ4v) is 2.30. The predicted molar refractivity (Wildman–Crippen MR) is 78.6 cm³/mol. The Hall–Kier alpha value is -2.36. The zero-order valence-electron chi connectivity index (χ0n) is 11.8. The number of aromatic nitrogens is 1. The van der Waals surface area contributed by atoms with Gasteiger partial charge in [0.2, 0.25) is 5.91 Å². The minimum Gasteiger partial charge on any atom is -0.463 e. The molecule has 0 aliphatic heterocycles. The quantitative estimate of drug-likeness (QED) is 0.636. The van der Waals surface area contributed by atoms with Crippen molar-refractivity contribution in [2.75, 3.05) is 6.61 Å². The molecule has 4 nitrogen and oxygen atoms in total. The van der Waals surface area contributed by atoms with Gasteiger partial charge in [-0.2, -0.15) is 0 Å². The van der Waals surface area contributed by atoms with Gasteiger partial charge in [-0.15, -0.1) is 0 Å². The van der Waals surface area contributed by atoms with Crippen LogP contribution in [-0.2, 0) is 9.53 Å². The highest BCUT2D eigenvalue weighted by atomic mass is 16.5. The molecule has 104 valence electrons. The largest absolute Gasteiger partial charge is 0.463 e. The Morgan fingerprint density at radius 3 is 2.65 bits per heavy atom. The Morgan fingerprint density at radius 2 is 2.00 bits per heavy atom. The van der Waals surface area contributed by atoms with Crippen LogP contribution in [0.15, 0.2) is 30.3 Å². The van der Waals surface area contributed by atoms with Crippen molar-refractivity contribution < 1.29 is 14.3 Å². The van der Waals surface area contributed by atoms with E-state index in [1.165, 1.54) is 13.0 Å². The van der Waals surface area contributed by atoms with Crippen LogP contribution >= 0.6 is 0 Å². The lowest BCUT2D eigenvalue weighted by Gasteiger charge is -2.03. The summed E-state index contributed by atoms with van der Waals surface area (Å²) >= 11 is 0. The van der Waals surface area contributed by atoms with Gasteiger partial charge in [0, 0.05) is 18.4 Å². The Bertz CT molecular complexity index is 695. The Labute approximate surface area is 117 Å². The van der Waals surface area contributed by atoms with E-state index in [1.54, 1.807) is 17.6 Å². The average molecular weight is 271 g/mol. The van der Waals surface area contributed by atoms with Gasteiger partial charge < -0.3 is 4.74 Å². The van der Waals surface area contributed by atoms with Crippen LogP contribution in [0.2, 0.25) is 0 Å². The molecule has 1 heterocycles. The second kappa shape index (κ2) is 5.74. The fourth-order valence-electron chi connectivity index (χ4n) is 2.30. The van der Waals surface area contributed by atoms with Gasteiger partial charge in [-0.05, 0) is 31.6 Å². The lowest BCUT2D eigenvalue weighted by Crippen LogP contribution is -2.08. The number of rotatable bonds is 3. The molecule has 0 radical (unpaired) electrons. The van der Waals surface area contributed by atoms with Crippen molar-refractivity contribution >= 4 is 28.9 Å². The summed E-state index contributed by atoms with van der Waals surface area (Å²) < 4.78 is 6.47. The highest BCUT2D eigenvalue weighted by Crippen LogP contribution is 2.26. The van der Waals surface area contributed by atoms with Crippen molar-refractivity contribution in [2.24, 2.45) is 0 Å². The Balaban J connectivity index is 2.57. The van der Waals surface area contributed by atoms with Gasteiger partial charge in [0.25, 0.3) is 0 Å². The molecule has 1 aromatic heterocycles. The van der Waals surface area contributed by atoms with Crippen molar-refractivity contribution in [3.63, 3.8) is 0 Å². The van der Waals surface area contributed by atoms with Crippen LogP contribution in [0.4, 0.5) is 0 Å². The summed E-state index contributed by atoms with van der Waals surface area (Å²) in [6, 6.07) is 7.68. The van der Waals surface area contributed by atoms with Crippen LogP contribution in [0, 0.1) is 6.92 Å². The number of carbonyl (C=O) groups is 2. The summed E-state index contributed by atoms with van der Waals surface area (Å²) in [4.78, 5) is 23.3. The molecule has 0 amide bonds. The van der Waals surface area contributed by atoms with Gasteiger partial charge in [-0.25, -0.2) is 4.79 Å². The maximum atomic E-state index is 11.9. The molecule has 0 aliphatic carbocycles. The first-order valence-corrected chi connectivity index (χ1v) is 6.52. The van der Waals surface area contributed by atoms with Gasteiger partial charge in [-0.1, -0.05) is 18.2 Å². The van der Waals surface area contributed by atoms with Crippen molar-refractivity contribution in [3.05, 3.63) is 41.6 Å². The summed E-state index contributed by atoms with van der Waals surface area (Å²) in [5.41, 5.74) is 2.53. The van der Waals surface area contributed by atoms with E-state index >= 15 is 0 Å². The number of hydrogen-bond acceptors (Lipinski definition) is 3. The van der Waals surface area contributed by atoms with Gasteiger partial charge in [0.05, 0.1) is 17.8 Å². The molecule has 0 saturated heterocycles. The number of ether oxygens (including phenoxy) is 1. The van der Waals surface area contributed by atoms with E-state index in [4.69, 9.17) is 4.74 Å². The fraction of sp³-hybridized carbons (Fsp3) is 0.250. The van der Waals surface area contributed by atoms with Crippen molar-refractivity contribution in [1.82, 2.24) is 4.57 Å². The van der Waals surface area contributed by atoms with Crippen LogP contribution in [-0.4, -0.2) is 23.1 Å². The number of fused-ring (bicyclic) bond motifs is 1. The zero-order chi connectivity index (χ0) is 14.7. The number of esters is 1. The number of hydrogen-bond donors (Lipinski definition) is 0. The Kier molecular flexibility index (Phi) is 4.03. The molecule has 0 aliphatic rings. The molecule has 0 unspecified atom stereocenters. The van der Waals surface area contributed by atoms with Crippen molar-refractivity contribution in [3.8, 4) is 0 Å². The van der Waals surface area contributed by atoms with Crippen molar-refractivity contribution in [2.45, 2.75) is 20.8 Å². The molecule has 0 bridgehead atoms. The SMILES string of the molecule is CCOC(=O)C=Cc1c(C)c2ccccc2n1C(C)=O. The van der Waals surface area contributed by atoms with Gasteiger partial charge in [-0.3, -0.25) is 9.36 Å². The van der Waals surface area contributed by atoms with Gasteiger partial charge >= 0.3 is 5.97 Å². The molecule has 1 aromatic carbocycles. The van der Waals surface area contributed by atoms with Crippen LogP contribution in [0.5, 0.6) is 0 Å². The van der Waals surface area contributed by atoms with E-state index in [0.717, 1.165) is 16.5 Å². The lowest BCUT2D eigenvalue weighted by molar-refractivity contribution is -0.137. The third-order valence-electron chi connectivity index (χ3n) is 3.15. The molecule has 0 N–H and O–H groups in total. The van der Waals surface area contributed by atoms with Crippen LogP contribution in [0.1, 0.15) is 29.9 Å². The first kappa shape index (κ1) is 14.1. The highest BCUT2D eigenvalue weighted by Gasteiger charge is 2.14. The molecular formula is C16H17NO3. The van der Waals surface area contributed by atoms with Crippen LogP contribution in [0.25, 0.3) is 17.0 Å². The average Bonchev–Trinajstić information content (AvgIpc) is 2.70. The van der Waals surface area contributed by atoms with E-state index in [9.17, 15) is 9.59 Å². The first-order chi connectivity index (χ1) is 9.56. The third-order valence-corrected chi connectivity index (χ3v) is 3.15.